The minimum Gasteiger partial charge on any atom is -0.443 e. The number of nitrogens with one attached hydrogen (secondary N) is 1. The van der Waals surface area contributed by atoms with Crippen molar-refractivity contribution in [2.45, 2.75) is 38.0 Å². The number of benzene rings is 1. The maximum absolute atomic E-state index is 13.1. The summed E-state index contributed by atoms with van der Waals surface area (Å²) in [4.78, 5) is 13.3. The summed E-state index contributed by atoms with van der Waals surface area (Å²) in [6, 6.07) is 10.3. The Labute approximate surface area is 187 Å². The van der Waals surface area contributed by atoms with Crippen molar-refractivity contribution in [3.63, 3.8) is 0 Å². The Kier molecular flexibility index (Phi) is 5.91. The number of carbonyl (C=O) groups excluding carboxylic acids is 1. The van der Waals surface area contributed by atoms with E-state index in [1.54, 1.807) is 55.1 Å². The van der Waals surface area contributed by atoms with Gasteiger partial charge >= 0.3 is 0 Å². The van der Waals surface area contributed by atoms with E-state index < -0.39 is 15.9 Å². The number of nitriles is 1. The molecule has 0 bridgehead atoms. The zero-order valence-electron chi connectivity index (χ0n) is 18.0. The van der Waals surface area contributed by atoms with E-state index in [1.165, 1.54) is 10.4 Å². The Balaban J connectivity index is 1.66. The standard InChI is InChI=1S/C23H24N4O4S/c1-16-8-9-18(32(29,30)27-12-4-3-5-13-27)14-20(16)25-22(28)21-17(2)31-23(19(21)15-24)26-10-6-7-11-26/h6-11,14H,3-5,12-13H2,1-2H3,(H,25,28). The van der Waals surface area contributed by atoms with Crippen LogP contribution in [0.15, 0.2) is 52.0 Å². The Morgan fingerprint density at radius 1 is 1.12 bits per heavy atom. The minimum atomic E-state index is -3.64. The monoisotopic (exact) mass is 452 g/mol. The number of piperidine rings is 1. The van der Waals surface area contributed by atoms with Crippen LogP contribution in [0.5, 0.6) is 0 Å². The first kappa shape index (κ1) is 21.9. The van der Waals surface area contributed by atoms with Crippen LogP contribution in [0.1, 0.15) is 46.5 Å². The topological polar surface area (TPSA) is 108 Å². The third-order valence-electron chi connectivity index (χ3n) is 5.65. The summed E-state index contributed by atoms with van der Waals surface area (Å²) in [5.74, 6) is 0.0348. The molecule has 1 aliphatic rings. The van der Waals surface area contributed by atoms with Crippen molar-refractivity contribution in [1.29, 1.82) is 5.26 Å². The smallest absolute Gasteiger partial charge is 0.260 e. The molecular formula is C23H24N4O4S. The van der Waals surface area contributed by atoms with E-state index in [1.807, 2.05) is 0 Å². The lowest BCUT2D eigenvalue weighted by Gasteiger charge is -2.26. The van der Waals surface area contributed by atoms with Gasteiger partial charge in [-0.25, -0.2) is 8.42 Å². The van der Waals surface area contributed by atoms with Crippen LogP contribution >= 0.6 is 0 Å². The fourth-order valence-corrected chi connectivity index (χ4v) is 5.44. The van der Waals surface area contributed by atoms with E-state index in [0.717, 1.165) is 19.3 Å². The van der Waals surface area contributed by atoms with Crippen molar-refractivity contribution in [1.82, 2.24) is 8.87 Å². The van der Waals surface area contributed by atoms with Gasteiger partial charge in [0.25, 0.3) is 5.91 Å². The van der Waals surface area contributed by atoms with Crippen molar-refractivity contribution in [3.8, 4) is 12.0 Å². The molecule has 0 saturated carbocycles. The average molecular weight is 453 g/mol. The average Bonchev–Trinajstić information content (AvgIpc) is 3.43. The maximum atomic E-state index is 13.1. The lowest BCUT2D eigenvalue weighted by molar-refractivity contribution is 0.102. The number of carbonyl (C=O) groups is 1. The summed E-state index contributed by atoms with van der Waals surface area (Å²) in [6.45, 7) is 4.40. The fraction of sp³-hybridized carbons (Fsp3) is 0.304. The molecule has 0 spiro atoms. The van der Waals surface area contributed by atoms with Crippen LogP contribution in [0, 0.1) is 25.2 Å². The maximum Gasteiger partial charge on any atom is 0.260 e. The van der Waals surface area contributed by atoms with E-state index in [9.17, 15) is 18.5 Å². The number of aromatic nitrogens is 1. The highest BCUT2D eigenvalue weighted by molar-refractivity contribution is 7.89. The van der Waals surface area contributed by atoms with Crippen molar-refractivity contribution in [2.24, 2.45) is 0 Å². The van der Waals surface area contributed by atoms with E-state index in [-0.39, 0.29) is 21.9 Å². The SMILES string of the molecule is Cc1ccc(S(=O)(=O)N2CCCCC2)cc1NC(=O)c1c(C)oc(-n2cccc2)c1C#N. The molecule has 166 valence electrons. The largest absolute Gasteiger partial charge is 0.443 e. The second-order valence-electron chi connectivity index (χ2n) is 7.81. The Bertz CT molecular complexity index is 1290. The molecule has 1 N–H and O–H groups in total. The van der Waals surface area contributed by atoms with E-state index in [2.05, 4.69) is 11.4 Å². The predicted octanol–water partition coefficient (Wildman–Crippen LogP) is 3.99. The first-order valence-electron chi connectivity index (χ1n) is 10.4. The molecular weight excluding hydrogens is 428 g/mol. The minimum absolute atomic E-state index is 0.117. The van der Waals surface area contributed by atoms with Crippen LogP contribution in [0.25, 0.3) is 5.88 Å². The molecule has 0 aliphatic carbocycles. The Morgan fingerprint density at radius 3 is 2.47 bits per heavy atom. The second-order valence-corrected chi connectivity index (χ2v) is 9.75. The summed E-state index contributed by atoms with van der Waals surface area (Å²) in [5.41, 5.74) is 1.33. The number of furan rings is 1. The lowest BCUT2D eigenvalue weighted by atomic mass is 10.1. The Morgan fingerprint density at radius 2 is 1.81 bits per heavy atom. The zero-order valence-corrected chi connectivity index (χ0v) is 18.8. The molecule has 32 heavy (non-hydrogen) atoms. The van der Waals surface area contributed by atoms with Crippen molar-refractivity contribution in [2.75, 3.05) is 18.4 Å². The van der Waals surface area contributed by atoms with Crippen molar-refractivity contribution in [3.05, 3.63) is 65.2 Å². The van der Waals surface area contributed by atoms with Crippen LogP contribution in [-0.2, 0) is 10.0 Å². The molecule has 3 heterocycles. The van der Waals surface area contributed by atoms with Gasteiger partial charge in [0.2, 0.25) is 15.9 Å². The van der Waals surface area contributed by atoms with Gasteiger partial charge in [-0.05, 0) is 56.5 Å². The van der Waals surface area contributed by atoms with E-state index in [4.69, 9.17) is 4.42 Å². The number of hydrogen-bond acceptors (Lipinski definition) is 5. The van der Waals surface area contributed by atoms with Gasteiger partial charge in [-0.2, -0.15) is 9.57 Å². The molecule has 2 aromatic heterocycles. The summed E-state index contributed by atoms with van der Waals surface area (Å²) < 4.78 is 34.9. The van der Waals surface area contributed by atoms with Crippen molar-refractivity contribution < 1.29 is 17.6 Å². The molecule has 1 aromatic carbocycles. The molecule has 0 radical (unpaired) electrons. The van der Waals surface area contributed by atoms with Gasteiger partial charge in [-0.3, -0.25) is 9.36 Å². The van der Waals surface area contributed by atoms with Crippen LogP contribution in [0.2, 0.25) is 0 Å². The summed E-state index contributed by atoms with van der Waals surface area (Å²) in [6.07, 6.45) is 6.15. The summed E-state index contributed by atoms with van der Waals surface area (Å²) in [5, 5.41) is 12.5. The number of aryl methyl sites for hydroxylation is 2. The quantitative estimate of drug-likeness (QED) is 0.630. The first-order valence-corrected chi connectivity index (χ1v) is 11.9. The highest BCUT2D eigenvalue weighted by Crippen LogP contribution is 2.29. The fourth-order valence-electron chi connectivity index (χ4n) is 3.89. The van der Waals surface area contributed by atoms with E-state index in [0.29, 0.717) is 30.1 Å². The van der Waals surface area contributed by atoms with Gasteiger partial charge in [-0.1, -0.05) is 12.5 Å². The molecule has 9 heteroatoms. The molecule has 3 aromatic rings. The molecule has 1 saturated heterocycles. The van der Waals surface area contributed by atoms with E-state index >= 15 is 0 Å². The molecule has 0 unspecified atom stereocenters. The van der Waals surface area contributed by atoms with Gasteiger partial charge in [-0.15, -0.1) is 0 Å². The molecule has 0 atom stereocenters. The zero-order chi connectivity index (χ0) is 22.9. The number of nitrogens with zero attached hydrogens (tertiary/aromatic N) is 3. The summed E-state index contributed by atoms with van der Waals surface area (Å²) >= 11 is 0. The molecule has 1 fully saturated rings. The van der Waals surface area contributed by atoms with Gasteiger partial charge in [0, 0.05) is 31.2 Å². The van der Waals surface area contributed by atoms with Gasteiger partial charge < -0.3 is 9.73 Å². The molecule has 1 aliphatic heterocycles. The molecule has 8 nitrogen and oxygen atoms in total. The number of anilines is 1. The van der Waals surface area contributed by atoms with Gasteiger partial charge in [0.1, 0.15) is 23.0 Å². The van der Waals surface area contributed by atoms with Crippen molar-refractivity contribution >= 4 is 21.6 Å². The van der Waals surface area contributed by atoms with Gasteiger partial charge in [0.15, 0.2) is 0 Å². The highest BCUT2D eigenvalue weighted by atomic mass is 32.2. The third kappa shape index (κ3) is 3.95. The summed E-state index contributed by atoms with van der Waals surface area (Å²) in [7, 11) is -3.64. The highest BCUT2D eigenvalue weighted by Gasteiger charge is 2.28. The lowest BCUT2D eigenvalue weighted by Crippen LogP contribution is -2.35. The third-order valence-corrected chi connectivity index (χ3v) is 7.55. The normalized spacial score (nSPS) is 14.8. The Hall–Kier alpha value is -3.35. The molecule has 1 amide bonds. The number of amides is 1. The van der Waals surface area contributed by atoms with Crippen LogP contribution < -0.4 is 5.32 Å². The number of hydrogen-bond donors (Lipinski definition) is 1. The predicted molar refractivity (Wildman–Crippen MR) is 119 cm³/mol. The number of sulfonamides is 1. The molecule has 4 rings (SSSR count). The number of rotatable bonds is 5. The van der Waals surface area contributed by atoms with Crippen LogP contribution in [0.4, 0.5) is 5.69 Å². The van der Waals surface area contributed by atoms with Crippen LogP contribution in [0.3, 0.4) is 0 Å². The van der Waals surface area contributed by atoms with Crippen LogP contribution in [-0.4, -0.2) is 36.3 Å². The van der Waals surface area contributed by atoms with Gasteiger partial charge in [0.05, 0.1) is 4.90 Å². The first-order chi connectivity index (χ1) is 15.3. The second kappa shape index (κ2) is 8.65.